The summed E-state index contributed by atoms with van der Waals surface area (Å²) in [5.41, 5.74) is 1.80. The normalized spacial score (nSPS) is 10.6. The number of furan rings is 2. The molecular formula is C12H12O3. The second-order valence-electron chi connectivity index (χ2n) is 3.61. The van der Waals surface area contributed by atoms with E-state index < -0.39 is 0 Å². The van der Waals surface area contributed by atoms with Crippen molar-refractivity contribution in [1.82, 2.24) is 0 Å². The highest BCUT2D eigenvalue weighted by atomic mass is 16.4. The van der Waals surface area contributed by atoms with Gasteiger partial charge in [-0.2, -0.15) is 0 Å². The minimum Gasteiger partial charge on any atom is -0.460 e. The number of rotatable bonds is 2. The summed E-state index contributed by atoms with van der Waals surface area (Å²) in [7, 11) is 0. The number of hydrogen-bond donors (Lipinski definition) is 0. The first-order valence-corrected chi connectivity index (χ1v) is 4.75. The van der Waals surface area contributed by atoms with Gasteiger partial charge in [0.05, 0.1) is 6.26 Å². The number of hydrogen-bond acceptors (Lipinski definition) is 3. The minimum atomic E-state index is -0.200. The summed E-state index contributed by atoms with van der Waals surface area (Å²) in [6.07, 6.45) is 1.51. The summed E-state index contributed by atoms with van der Waals surface area (Å²) < 4.78 is 10.5. The molecule has 0 aliphatic rings. The van der Waals surface area contributed by atoms with Crippen molar-refractivity contribution in [2.75, 3.05) is 0 Å². The lowest BCUT2D eigenvalue weighted by Gasteiger charge is -1.93. The van der Waals surface area contributed by atoms with Gasteiger partial charge in [0.1, 0.15) is 5.76 Å². The van der Waals surface area contributed by atoms with Gasteiger partial charge < -0.3 is 8.83 Å². The summed E-state index contributed by atoms with van der Waals surface area (Å²) in [4.78, 5) is 11.9. The van der Waals surface area contributed by atoms with Crippen LogP contribution in [0.4, 0.5) is 0 Å². The largest absolute Gasteiger partial charge is 0.460 e. The number of aryl methyl sites for hydroxylation is 3. The lowest BCUT2D eigenvalue weighted by atomic mass is 10.1. The summed E-state index contributed by atoms with van der Waals surface area (Å²) >= 11 is 0. The van der Waals surface area contributed by atoms with Crippen molar-refractivity contribution in [3.05, 3.63) is 46.8 Å². The fourth-order valence-electron chi connectivity index (χ4n) is 1.40. The Morgan fingerprint density at radius 2 is 1.93 bits per heavy atom. The Labute approximate surface area is 87.7 Å². The molecule has 2 rings (SSSR count). The molecule has 15 heavy (non-hydrogen) atoms. The van der Waals surface area contributed by atoms with Gasteiger partial charge in [-0.1, -0.05) is 0 Å². The van der Waals surface area contributed by atoms with Crippen LogP contribution in [0.15, 0.2) is 27.2 Å². The van der Waals surface area contributed by atoms with Crippen LogP contribution < -0.4 is 0 Å². The molecule has 0 radical (unpaired) electrons. The third-order valence-corrected chi connectivity index (χ3v) is 2.46. The van der Waals surface area contributed by atoms with Gasteiger partial charge in [-0.3, -0.25) is 4.79 Å². The molecule has 0 aromatic carbocycles. The molecule has 3 heteroatoms. The molecule has 0 unspecified atom stereocenters. The molecular weight excluding hydrogens is 192 g/mol. The molecule has 0 saturated carbocycles. The second kappa shape index (κ2) is 3.42. The van der Waals surface area contributed by atoms with Crippen LogP contribution in [0.1, 0.15) is 33.2 Å². The fourth-order valence-corrected chi connectivity index (χ4v) is 1.40. The summed E-state index contributed by atoms with van der Waals surface area (Å²) in [5.74, 6) is 1.25. The minimum absolute atomic E-state index is 0.200. The van der Waals surface area contributed by atoms with E-state index in [-0.39, 0.29) is 5.78 Å². The third kappa shape index (κ3) is 1.61. The van der Waals surface area contributed by atoms with Crippen LogP contribution in [-0.4, -0.2) is 5.78 Å². The SMILES string of the molecule is Cc1cc(C(=O)c2occc2C)oc1C. The lowest BCUT2D eigenvalue weighted by molar-refractivity contribution is 0.0981. The van der Waals surface area contributed by atoms with Gasteiger partial charge in [-0.15, -0.1) is 0 Å². The smallest absolute Gasteiger partial charge is 0.263 e. The van der Waals surface area contributed by atoms with Gasteiger partial charge in [-0.05, 0) is 44.0 Å². The molecule has 0 amide bonds. The van der Waals surface area contributed by atoms with E-state index in [4.69, 9.17) is 8.83 Å². The van der Waals surface area contributed by atoms with E-state index in [2.05, 4.69) is 0 Å². The molecule has 2 aromatic heterocycles. The van der Waals surface area contributed by atoms with Crippen LogP contribution in [0.2, 0.25) is 0 Å². The Kier molecular flexibility index (Phi) is 2.23. The zero-order valence-electron chi connectivity index (χ0n) is 8.96. The van der Waals surface area contributed by atoms with Gasteiger partial charge >= 0.3 is 0 Å². The number of carbonyl (C=O) groups excluding carboxylic acids is 1. The van der Waals surface area contributed by atoms with Crippen molar-refractivity contribution in [3.8, 4) is 0 Å². The van der Waals surface area contributed by atoms with E-state index in [0.717, 1.165) is 16.9 Å². The van der Waals surface area contributed by atoms with Crippen molar-refractivity contribution < 1.29 is 13.6 Å². The standard InChI is InChI=1S/C12H12O3/c1-7-4-5-14-12(7)11(13)10-6-8(2)9(3)15-10/h4-6H,1-3H3. The molecule has 2 heterocycles. The van der Waals surface area contributed by atoms with Crippen LogP contribution in [0.3, 0.4) is 0 Å². The molecule has 0 spiro atoms. The topological polar surface area (TPSA) is 43.4 Å². The fraction of sp³-hybridized carbons (Fsp3) is 0.250. The predicted molar refractivity (Wildman–Crippen MR) is 55.1 cm³/mol. The maximum Gasteiger partial charge on any atom is 0.263 e. The van der Waals surface area contributed by atoms with E-state index >= 15 is 0 Å². The molecule has 0 aliphatic carbocycles. The Morgan fingerprint density at radius 1 is 1.20 bits per heavy atom. The van der Waals surface area contributed by atoms with Crippen molar-refractivity contribution >= 4 is 5.78 Å². The van der Waals surface area contributed by atoms with E-state index in [0.29, 0.717) is 11.5 Å². The zero-order valence-corrected chi connectivity index (χ0v) is 8.96. The Hall–Kier alpha value is -1.77. The van der Waals surface area contributed by atoms with Crippen LogP contribution in [-0.2, 0) is 0 Å². The molecule has 0 fully saturated rings. The Balaban J connectivity index is 2.41. The monoisotopic (exact) mass is 204 g/mol. The maximum atomic E-state index is 11.9. The third-order valence-electron chi connectivity index (χ3n) is 2.46. The highest BCUT2D eigenvalue weighted by molar-refractivity contribution is 6.06. The average Bonchev–Trinajstić information content (AvgIpc) is 2.74. The number of ketones is 1. The first-order valence-electron chi connectivity index (χ1n) is 4.75. The molecule has 0 bridgehead atoms. The first-order chi connectivity index (χ1) is 7.09. The summed E-state index contributed by atoms with van der Waals surface area (Å²) in [5, 5.41) is 0. The highest BCUT2D eigenvalue weighted by Crippen LogP contribution is 2.19. The quantitative estimate of drug-likeness (QED) is 0.706. The van der Waals surface area contributed by atoms with Gasteiger partial charge in [0.25, 0.3) is 5.78 Å². The second-order valence-corrected chi connectivity index (χ2v) is 3.61. The van der Waals surface area contributed by atoms with Gasteiger partial charge in [0.2, 0.25) is 0 Å². The van der Waals surface area contributed by atoms with Crippen molar-refractivity contribution in [1.29, 1.82) is 0 Å². The maximum absolute atomic E-state index is 11.9. The lowest BCUT2D eigenvalue weighted by Crippen LogP contribution is -1.99. The summed E-state index contributed by atoms with van der Waals surface area (Å²) in [6, 6.07) is 3.50. The van der Waals surface area contributed by atoms with Crippen molar-refractivity contribution in [3.63, 3.8) is 0 Å². The molecule has 0 aliphatic heterocycles. The van der Waals surface area contributed by atoms with Crippen LogP contribution in [0.25, 0.3) is 0 Å². The molecule has 3 nitrogen and oxygen atoms in total. The molecule has 2 aromatic rings. The molecule has 0 saturated heterocycles. The van der Waals surface area contributed by atoms with E-state index in [1.54, 1.807) is 12.1 Å². The van der Waals surface area contributed by atoms with Crippen LogP contribution in [0, 0.1) is 20.8 Å². The zero-order chi connectivity index (χ0) is 11.0. The van der Waals surface area contributed by atoms with Crippen molar-refractivity contribution in [2.45, 2.75) is 20.8 Å². The molecule has 0 atom stereocenters. The average molecular weight is 204 g/mol. The van der Waals surface area contributed by atoms with Gasteiger partial charge in [-0.25, -0.2) is 0 Å². The number of carbonyl (C=O) groups is 1. The van der Waals surface area contributed by atoms with Gasteiger partial charge in [0.15, 0.2) is 11.5 Å². The predicted octanol–water partition coefficient (Wildman–Crippen LogP) is 3.03. The Morgan fingerprint density at radius 3 is 2.40 bits per heavy atom. The Bertz CT molecular complexity index is 483. The van der Waals surface area contributed by atoms with E-state index in [1.807, 2.05) is 20.8 Å². The molecule has 0 N–H and O–H groups in total. The summed E-state index contributed by atoms with van der Waals surface area (Å²) in [6.45, 7) is 5.57. The van der Waals surface area contributed by atoms with E-state index in [9.17, 15) is 4.79 Å². The highest BCUT2D eigenvalue weighted by Gasteiger charge is 2.19. The molecule has 78 valence electrons. The van der Waals surface area contributed by atoms with E-state index in [1.165, 1.54) is 6.26 Å². The van der Waals surface area contributed by atoms with Crippen LogP contribution in [0.5, 0.6) is 0 Å². The van der Waals surface area contributed by atoms with Gasteiger partial charge in [0, 0.05) is 0 Å². The van der Waals surface area contributed by atoms with Crippen LogP contribution >= 0.6 is 0 Å². The first kappa shape index (κ1) is 9.77. The van der Waals surface area contributed by atoms with Crippen molar-refractivity contribution in [2.24, 2.45) is 0 Å².